The van der Waals surface area contributed by atoms with Gasteiger partial charge in [-0.15, -0.1) is 5.10 Å². The van der Waals surface area contributed by atoms with Crippen LogP contribution in [0.3, 0.4) is 0 Å². The number of ether oxygens (including phenoxy) is 1. The highest BCUT2D eigenvalue weighted by molar-refractivity contribution is 5.19. The smallest absolute Gasteiger partial charge is 0.315 e. The first-order valence-electron chi connectivity index (χ1n) is 8.15. The zero-order valence-electron chi connectivity index (χ0n) is 12.9. The van der Waals surface area contributed by atoms with E-state index in [0.29, 0.717) is 11.9 Å². The third-order valence-corrected chi connectivity index (χ3v) is 4.81. The second kappa shape index (κ2) is 6.75. The number of anilines is 1. The average Bonchev–Trinajstić information content (AvgIpc) is 2.80. The molecule has 0 amide bonds. The van der Waals surface area contributed by atoms with Gasteiger partial charge in [0.1, 0.15) is 0 Å². The third-order valence-electron chi connectivity index (χ3n) is 4.81. The van der Waals surface area contributed by atoms with Gasteiger partial charge >= 0.3 is 6.01 Å². The van der Waals surface area contributed by atoms with E-state index in [1.54, 1.807) is 0 Å². The maximum Gasteiger partial charge on any atom is 0.315 e. The summed E-state index contributed by atoms with van der Waals surface area (Å²) in [4.78, 5) is 2.62. The molecule has 0 bridgehead atoms. The minimum Gasteiger partial charge on any atom is -0.408 e. The molecule has 1 aromatic rings. The van der Waals surface area contributed by atoms with Crippen molar-refractivity contribution in [1.29, 1.82) is 0 Å². The molecule has 6 nitrogen and oxygen atoms in total. The molecule has 21 heavy (non-hydrogen) atoms. The predicted molar refractivity (Wildman–Crippen MR) is 80.3 cm³/mol. The number of morpholine rings is 1. The molecule has 2 heterocycles. The van der Waals surface area contributed by atoms with Crippen molar-refractivity contribution < 1.29 is 9.15 Å². The Bertz CT molecular complexity index is 435. The van der Waals surface area contributed by atoms with E-state index in [0.717, 1.165) is 32.8 Å². The van der Waals surface area contributed by atoms with Gasteiger partial charge < -0.3 is 14.5 Å². The fourth-order valence-electron chi connectivity index (χ4n) is 3.64. The fourth-order valence-corrected chi connectivity index (χ4v) is 3.64. The molecule has 0 unspecified atom stereocenters. The van der Waals surface area contributed by atoms with Crippen molar-refractivity contribution in [3.8, 4) is 0 Å². The largest absolute Gasteiger partial charge is 0.408 e. The Hall–Kier alpha value is -1.14. The van der Waals surface area contributed by atoms with E-state index < -0.39 is 0 Å². The monoisotopic (exact) mass is 294 g/mol. The number of hydrogen-bond donors (Lipinski definition) is 1. The summed E-state index contributed by atoms with van der Waals surface area (Å²) in [6, 6.07) is 0.546. The van der Waals surface area contributed by atoms with E-state index in [4.69, 9.17) is 9.15 Å². The molecule has 0 radical (unpaired) electrons. The van der Waals surface area contributed by atoms with Crippen LogP contribution in [-0.4, -0.2) is 53.5 Å². The lowest BCUT2D eigenvalue weighted by Crippen LogP contribution is -2.56. The molecule has 6 heteroatoms. The maximum atomic E-state index is 5.53. The Balaban J connectivity index is 1.70. The molecule has 1 aromatic heterocycles. The van der Waals surface area contributed by atoms with Crippen LogP contribution in [0.1, 0.15) is 44.4 Å². The van der Waals surface area contributed by atoms with Gasteiger partial charge in [-0.05, 0) is 12.8 Å². The molecule has 1 N–H and O–H groups in total. The average molecular weight is 294 g/mol. The molecule has 1 aliphatic heterocycles. The number of aryl methyl sites for hydroxylation is 1. The van der Waals surface area contributed by atoms with Gasteiger partial charge in [0.05, 0.1) is 13.2 Å². The van der Waals surface area contributed by atoms with Gasteiger partial charge in [0.25, 0.3) is 0 Å². The summed E-state index contributed by atoms with van der Waals surface area (Å²) < 4.78 is 11.0. The van der Waals surface area contributed by atoms with Crippen molar-refractivity contribution in [2.45, 2.75) is 51.0 Å². The Morgan fingerprint density at radius 1 is 1.10 bits per heavy atom. The van der Waals surface area contributed by atoms with Gasteiger partial charge in [-0.2, -0.15) is 0 Å². The van der Waals surface area contributed by atoms with Crippen molar-refractivity contribution in [3.63, 3.8) is 0 Å². The number of aromatic nitrogens is 2. The van der Waals surface area contributed by atoms with Crippen molar-refractivity contribution in [1.82, 2.24) is 15.1 Å². The minimum absolute atomic E-state index is 0.211. The van der Waals surface area contributed by atoms with Crippen LogP contribution in [0.15, 0.2) is 4.42 Å². The number of nitrogens with zero attached hydrogens (tertiary/aromatic N) is 3. The Labute approximate surface area is 126 Å². The number of hydrogen-bond acceptors (Lipinski definition) is 6. The topological polar surface area (TPSA) is 63.4 Å². The van der Waals surface area contributed by atoms with Gasteiger partial charge in [0.15, 0.2) is 0 Å². The van der Waals surface area contributed by atoms with E-state index >= 15 is 0 Å². The number of nitrogens with one attached hydrogen (secondary N) is 1. The standard InChI is InChI=1S/C15H26N4O2/c1-13-17-18-14(21-13)16-12-15(6-4-2-3-5-7-15)19-8-10-20-11-9-19/h2-12H2,1H3,(H,16,18). The molecule has 1 aliphatic carbocycles. The Morgan fingerprint density at radius 3 is 2.43 bits per heavy atom. The SMILES string of the molecule is Cc1nnc(NCC2(N3CCOCC3)CCCCCC2)o1. The van der Waals surface area contributed by atoms with E-state index in [1.165, 1.54) is 38.5 Å². The van der Waals surface area contributed by atoms with Crippen LogP contribution in [0.5, 0.6) is 0 Å². The summed E-state index contributed by atoms with van der Waals surface area (Å²) in [6.07, 6.45) is 7.81. The predicted octanol–water partition coefficient (Wildman–Crippen LogP) is 2.22. The quantitative estimate of drug-likeness (QED) is 0.859. The molecular formula is C15H26N4O2. The van der Waals surface area contributed by atoms with Gasteiger partial charge in [-0.3, -0.25) is 4.90 Å². The molecule has 0 atom stereocenters. The lowest BCUT2D eigenvalue weighted by Gasteiger charge is -2.45. The molecule has 0 spiro atoms. The molecule has 0 aromatic carbocycles. The molecule has 118 valence electrons. The third kappa shape index (κ3) is 3.55. The van der Waals surface area contributed by atoms with Crippen LogP contribution in [0.2, 0.25) is 0 Å². The van der Waals surface area contributed by atoms with Crippen LogP contribution >= 0.6 is 0 Å². The van der Waals surface area contributed by atoms with Crippen LogP contribution < -0.4 is 5.32 Å². The Kier molecular flexibility index (Phi) is 4.75. The normalized spacial score (nSPS) is 23.7. The van der Waals surface area contributed by atoms with E-state index in [2.05, 4.69) is 20.4 Å². The van der Waals surface area contributed by atoms with Crippen molar-refractivity contribution >= 4 is 6.01 Å². The summed E-state index contributed by atoms with van der Waals surface area (Å²) in [7, 11) is 0. The van der Waals surface area contributed by atoms with Crippen molar-refractivity contribution in [2.24, 2.45) is 0 Å². The maximum absolute atomic E-state index is 5.53. The van der Waals surface area contributed by atoms with Gasteiger partial charge in [0, 0.05) is 32.1 Å². The van der Waals surface area contributed by atoms with Gasteiger partial charge in [0.2, 0.25) is 5.89 Å². The second-order valence-corrected chi connectivity index (χ2v) is 6.22. The van der Waals surface area contributed by atoms with Crippen molar-refractivity contribution in [2.75, 3.05) is 38.2 Å². The van der Waals surface area contributed by atoms with Gasteiger partial charge in [-0.1, -0.05) is 30.8 Å². The molecule has 3 rings (SSSR count). The fraction of sp³-hybridized carbons (Fsp3) is 0.867. The van der Waals surface area contributed by atoms with Gasteiger partial charge in [-0.25, -0.2) is 0 Å². The lowest BCUT2D eigenvalue weighted by atomic mass is 9.87. The van der Waals surface area contributed by atoms with Crippen LogP contribution in [0, 0.1) is 6.92 Å². The Morgan fingerprint density at radius 2 is 1.81 bits per heavy atom. The summed E-state index contributed by atoms with van der Waals surface area (Å²) in [5, 5.41) is 11.3. The summed E-state index contributed by atoms with van der Waals surface area (Å²) in [5.41, 5.74) is 0.211. The van der Waals surface area contributed by atoms with Crippen molar-refractivity contribution in [3.05, 3.63) is 5.89 Å². The summed E-state index contributed by atoms with van der Waals surface area (Å²) in [5.74, 6) is 0.610. The van der Waals surface area contributed by atoms with E-state index in [1.807, 2.05) is 6.92 Å². The van der Waals surface area contributed by atoms with Crippen LogP contribution in [0.4, 0.5) is 6.01 Å². The van der Waals surface area contributed by atoms with E-state index in [9.17, 15) is 0 Å². The summed E-state index contributed by atoms with van der Waals surface area (Å²) in [6.45, 7) is 6.47. The molecule has 1 saturated heterocycles. The molecule has 1 saturated carbocycles. The number of rotatable bonds is 4. The van der Waals surface area contributed by atoms with Crippen LogP contribution in [-0.2, 0) is 4.74 Å². The minimum atomic E-state index is 0.211. The molecule has 2 aliphatic rings. The first-order chi connectivity index (χ1) is 10.3. The highest BCUT2D eigenvalue weighted by Gasteiger charge is 2.37. The zero-order chi connectivity index (χ0) is 14.5. The molecular weight excluding hydrogens is 268 g/mol. The zero-order valence-corrected chi connectivity index (χ0v) is 12.9. The molecule has 2 fully saturated rings. The second-order valence-electron chi connectivity index (χ2n) is 6.22. The highest BCUT2D eigenvalue weighted by atomic mass is 16.5. The lowest BCUT2D eigenvalue weighted by molar-refractivity contribution is -0.0241. The highest BCUT2D eigenvalue weighted by Crippen LogP contribution is 2.33. The first kappa shape index (κ1) is 14.8. The van der Waals surface area contributed by atoms with E-state index in [-0.39, 0.29) is 5.54 Å². The first-order valence-corrected chi connectivity index (χ1v) is 8.15. The summed E-state index contributed by atoms with van der Waals surface area (Å²) >= 11 is 0. The van der Waals surface area contributed by atoms with Crippen LogP contribution in [0.25, 0.3) is 0 Å².